The molecule has 1 amide bonds. The van der Waals surface area contributed by atoms with Crippen molar-refractivity contribution < 1.29 is 14.1 Å². The molecular weight excluding hydrogens is 364 g/mol. The fraction of sp³-hybridized carbons (Fsp3) is 0.263. The molecule has 0 bridgehead atoms. The summed E-state index contributed by atoms with van der Waals surface area (Å²) in [5.74, 6) is 1.68. The van der Waals surface area contributed by atoms with E-state index >= 15 is 0 Å². The number of nitrogens with zero attached hydrogens (tertiary/aromatic N) is 3. The molecule has 0 fully saturated rings. The molecule has 0 saturated carbocycles. The number of nitrogens with one attached hydrogen (secondary N) is 1. The summed E-state index contributed by atoms with van der Waals surface area (Å²) in [6, 6.07) is 9.59. The second-order valence-electron chi connectivity index (χ2n) is 6.23. The molecule has 1 aliphatic rings. The summed E-state index contributed by atoms with van der Waals surface area (Å²) >= 11 is 1.29. The highest BCUT2D eigenvalue weighted by Crippen LogP contribution is 2.33. The normalized spacial score (nSPS) is 15.2. The van der Waals surface area contributed by atoms with Gasteiger partial charge in [-0.1, -0.05) is 29.1 Å². The van der Waals surface area contributed by atoms with Crippen LogP contribution in [0.2, 0.25) is 0 Å². The zero-order valence-corrected chi connectivity index (χ0v) is 15.5. The predicted molar refractivity (Wildman–Crippen MR) is 100 cm³/mol. The Morgan fingerprint density at radius 3 is 3.00 bits per heavy atom. The lowest BCUT2D eigenvalue weighted by Gasteiger charge is -2.03. The minimum atomic E-state index is -0.114. The van der Waals surface area contributed by atoms with Gasteiger partial charge in [0.25, 0.3) is 0 Å². The minimum Gasteiger partial charge on any atom is -0.490 e. The molecule has 0 saturated heterocycles. The van der Waals surface area contributed by atoms with E-state index in [1.807, 2.05) is 18.2 Å². The van der Waals surface area contributed by atoms with Crippen LogP contribution in [0, 0.1) is 0 Å². The Morgan fingerprint density at radius 1 is 1.30 bits per heavy atom. The van der Waals surface area contributed by atoms with E-state index in [-0.39, 0.29) is 17.8 Å². The molecule has 1 N–H and O–H groups in total. The number of hydrogen-bond donors (Lipinski definition) is 1. The predicted octanol–water partition coefficient (Wildman–Crippen LogP) is 2.86. The van der Waals surface area contributed by atoms with E-state index in [1.165, 1.54) is 17.3 Å². The van der Waals surface area contributed by atoms with Crippen molar-refractivity contribution in [2.45, 2.75) is 31.1 Å². The highest BCUT2D eigenvalue weighted by molar-refractivity contribution is 7.99. The largest absolute Gasteiger partial charge is 0.490 e. The lowest BCUT2D eigenvalue weighted by Crippen LogP contribution is -2.24. The van der Waals surface area contributed by atoms with Gasteiger partial charge in [-0.2, -0.15) is 0 Å². The zero-order chi connectivity index (χ0) is 18.6. The molecule has 3 aromatic rings. The van der Waals surface area contributed by atoms with E-state index in [0.29, 0.717) is 23.2 Å². The van der Waals surface area contributed by atoms with Gasteiger partial charge < -0.3 is 14.6 Å². The molecular formula is C19H18N4O3S. The molecule has 1 unspecified atom stereocenters. The maximum atomic E-state index is 12.0. The van der Waals surface area contributed by atoms with Crippen molar-refractivity contribution in [2.24, 2.45) is 0 Å². The van der Waals surface area contributed by atoms with Gasteiger partial charge in [0.15, 0.2) is 10.9 Å². The first-order valence-corrected chi connectivity index (χ1v) is 9.58. The number of fused-ring (bicyclic) bond motifs is 1. The van der Waals surface area contributed by atoms with E-state index < -0.39 is 0 Å². The SMILES string of the molecule is CC1Cc2ccc(-c3cc(CNC(=O)CSc4ncccn4)no3)cc2O1. The highest BCUT2D eigenvalue weighted by atomic mass is 32.2. The monoisotopic (exact) mass is 382 g/mol. The van der Waals surface area contributed by atoms with Gasteiger partial charge in [-0.15, -0.1) is 0 Å². The van der Waals surface area contributed by atoms with Crippen molar-refractivity contribution in [3.8, 4) is 17.1 Å². The first-order chi connectivity index (χ1) is 13.2. The Hall–Kier alpha value is -2.87. The van der Waals surface area contributed by atoms with Crippen molar-refractivity contribution in [2.75, 3.05) is 5.75 Å². The first kappa shape index (κ1) is 17.5. The summed E-state index contributed by atoms with van der Waals surface area (Å²) in [6.45, 7) is 2.36. The van der Waals surface area contributed by atoms with Crippen LogP contribution in [-0.4, -0.2) is 32.9 Å². The van der Waals surface area contributed by atoms with E-state index in [1.54, 1.807) is 18.5 Å². The van der Waals surface area contributed by atoms with Gasteiger partial charge in [-0.25, -0.2) is 9.97 Å². The molecule has 0 aliphatic carbocycles. The molecule has 0 radical (unpaired) electrons. The first-order valence-electron chi connectivity index (χ1n) is 8.59. The van der Waals surface area contributed by atoms with E-state index in [2.05, 4.69) is 33.4 Å². The van der Waals surface area contributed by atoms with Gasteiger partial charge in [0.05, 0.1) is 12.3 Å². The van der Waals surface area contributed by atoms with Gasteiger partial charge in [0.2, 0.25) is 5.91 Å². The van der Waals surface area contributed by atoms with Gasteiger partial charge in [-0.05, 0) is 24.6 Å². The topological polar surface area (TPSA) is 90.1 Å². The average Bonchev–Trinajstić information content (AvgIpc) is 3.30. The molecule has 4 rings (SSSR count). The van der Waals surface area contributed by atoms with Gasteiger partial charge in [0, 0.05) is 30.4 Å². The van der Waals surface area contributed by atoms with Crippen LogP contribution in [0.15, 0.2) is 52.4 Å². The Labute approximate surface area is 160 Å². The van der Waals surface area contributed by atoms with Gasteiger partial charge in [-0.3, -0.25) is 4.79 Å². The Morgan fingerprint density at radius 2 is 2.15 bits per heavy atom. The lowest BCUT2D eigenvalue weighted by atomic mass is 10.1. The number of ether oxygens (including phenoxy) is 1. The number of hydrogen-bond acceptors (Lipinski definition) is 7. The van der Waals surface area contributed by atoms with Crippen LogP contribution in [0.25, 0.3) is 11.3 Å². The van der Waals surface area contributed by atoms with Crippen LogP contribution in [0.3, 0.4) is 0 Å². The third kappa shape index (κ3) is 4.28. The Bertz CT molecular complexity index is 945. The smallest absolute Gasteiger partial charge is 0.230 e. The number of benzene rings is 1. The van der Waals surface area contributed by atoms with Crippen LogP contribution < -0.4 is 10.1 Å². The fourth-order valence-electron chi connectivity index (χ4n) is 2.82. The highest BCUT2D eigenvalue weighted by Gasteiger charge is 2.20. The van der Waals surface area contributed by atoms with Gasteiger partial charge in [0.1, 0.15) is 17.5 Å². The van der Waals surface area contributed by atoms with E-state index in [4.69, 9.17) is 9.26 Å². The van der Waals surface area contributed by atoms with Crippen LogP contribution >= 0.6 is 11.8 Å². The molecule has 7 nitrogen and oxygen atoms in total. The van der Waals surface area contributed by atoms with E-state index in [9.17, 15) is 4.79 Å². The van der Waals surface area contributed by atoms with Crippen molar-refractivity contribution in [1.29, 1.82) is 0 Å². The number of carbonyl (C=O) groups is 1. The van der Waals surface area contributed by atoms with Crippen molar-refractivity contribution in [3.63, 3.8) is 0 Å². The summed E-state index contributed by atoms with van der Waals surface area (Å²) in [5.41, 5.74) is 2.77. The van der Waals surface area contributed by atoms with E-state index in [0.717, 1.165) is 17.7 Å². The van der Waals surface area contributed by atoms with Crippen molar-refractivity contribution in [1.82, 2.24) is 20.4 Å². The number of thioether (sulfide) groups is 1. The van der Waals surface area contributed by atoms with Crippen LogP contribution in [-0.2, 0) is 17.8 Å². The third-order valence-electron chi connectivity index (χ3n) is 4.09. The summed E-state index contributed by atoms with van der Waals surface area (Å²) in [4.78, 5) is 20.1. The Balaban J connectivity index is 1.32. The zero-order valence-electron chi connectivity index (χ0n) is 14.7. The molecule has 1 aliphatic heterocycles. The maximum absolute atomic E-state index is 12.0. The quantitative estimate of drug-likeness (QED) is 0.518. The van der Waals surface area contributed by atoms with Crippen molar-refractivity contribution in [3.05, 3.63) is 54.0 Å². The molecule has 138 valence electrons. The second-order valence-corrected chi connectivity index (χ2v) is 7.18. The molecule has 27 heavy (non-hydrogen) atoms. The molecule has 0 spiro atoms. The summed E-state index contributed by atoms with van der Waals surface area (Å²) < 4.78 is 11.2. The van der Waals surface area contributed by atoms with Crippen molar-refractivity contribution >= 4 is 17.7 Å². The fourth-order valence-corrected chi connectivity index (χ4v) is 3.45. The lowest BCUT2D eigenvalue weighted by molar-refractivity contribution is -0.118. The molecule has 1 aromatic carbocycles. The summed E-state index contributed by atoms with van der Waals surface area (Å²) in [6.07, 6.45) is 4.42. The number of rotatable bonds is 6. The molecule has 8 heteroatoms. The molecule has 3 heterocycles. The second kappa shape index (κ2) is 7.79. The number of carbonyl (C=O) groups excluding carboxylic acids is 1. The van der Waals surface area contributed by atoms with Crippen LogP contribution in [0.5, 0.6) is 5.75 Å². The summed E-state index contributed by atoms with van der Waals surface area (Å²) in [7, 11) is 0. The standard InChI is InChI=1S/C19H18N4O3S/c1-12-7-13-3-4-14(8-16(13)25-12)17-9-15(23-26-17)10-22-18(24)11-27-19-20-5-2-6-21-19/h2-6,8-9,12H,7,10-11H2,1H3,(H,22,24). The van der Waals surface area contributed by atoms with Crippen LogP contribution in [0.1, 0.15) is 18.2 Å². The summed E-state index contributed by atoms with van der Waals surface area (Å²) in [5, 5.41) is 7.42. The minimum absolute atomic E-state index is 0.114. The molecule has 1 atom stereocenters. The van der Waals surface area contributed by atoms with Crippen LogP contribution in [0.4, 0.5) is 0 Å². The number of aromatic nitrogens is 3. The number of amides is 1. The maximum Gasteiger partial charge on any atom is 0.230 e. The average molecular weight is 382 g/mol. The molecule has 2 aromatic heterocycles. The third-order valence-corrected chi connectivity index (χ3v) is 4.96. The Kier molecular flexibility index (Phi) is 5.06. The van der Waals surface area contributed by atoms with Gasteiger partial charge >= 0.3 is 0 Å².